The van der Waals surface area contributed by atoms with Crippen LogP contribution in [0.25, 0.3) is 27.8 Å². The van der Waals surface area contributed by atoms with Crippen LogP contribution in [-0.4, -0.2) is 32.7 Å². The van der Waals surface area contributed by atoms with Gasteiger partial charge in [-0.05, 0) is 55.3 Å². The van der Waals surface area contributed by atoms with E-state index in [1.807, 2.05) is 0 Å². The molecule has 6 rings (SSSR count). The highest BCUT2D eigenvalue weighted by Crippen LogP contribution is 2.33. The first-order valence-corrected chi connectivity index (χ1v) is 12.4. The van der Waals surface area contributed by atoms with Crippen molar-refractivity contribution in [3.8, 4) is 11.6 Å². The van der Waals surface area contributed by atoms with Crippen LogP contribution in [0.4, 0.5) is 18.0 Å². The minimum absolute atomic E-state index is 0.113. The van der Waals surface area contributed by atoms with Gasteiger partial charge in [0.1, 0.15) is 5.75 Å². The number of rotatable bonds is 5. The topological polar surface area (TPSA) is 118 Å². The molecule has 2 amide bonds. The van der Waals surface area contributed by atoms with Gasteiger partial charge >= 0.3 is 18.1 Å². The van der Waals surface area contributed by atoms with E-state index in [1.54, 1.807) is 37.3 Å². The lowest BCUT2D eigenvalue weighted by atomic mass is 9.92. The molecule has 10 nitrogen and oxygen atoms in total. The van der Waals surface area contributed by atoms with Gasteiger partial charge in [0.2, 0.25) is 5.60 Å². The highest BCUT2D eigenvalue weighted by atomic mass is 35.5. The van der Waals surface area contributed by atoms with Crippen molar-refractivity contribution in [3.05, 3.63) is 86.8 Å². The summed E-state index contributed by atoms with van der Waals surface area (Å²) in [4.78, 5) is 38.1. The average molecular weight is 587 g/mol. The molecule has 210 valence electrons. The largest absolute Gasteiger partial charge is 0.573 e. The fourth-order valence-electron chi connectivity index (χ4n) is 4.82. The Morgan fingerprint density at radius 3 is 2.54 bits per heavy atom. The summed E-state index contributed by atoms with van der Waals surface area (Å²) in [6.45, 7) is 3.08. The Hall–Kier alpha value is -4.78. The summed E-state index contributed by atoms with van der Waals surface area (Å²) in [5.41, 5.74) is 0.0151. The second-order valence-electron chi connectivity index (χ2n) is 9.57. The van der Waals surface area contributed by atoms with Crippen molar-refractivity contribution in [2.45, 2.75) is 32.4 Å². The van der Waals surface area contributed by atoms with E-state index in [4.69, 9.17) is 20.9 Å². The number of cyclic esters (lactones) is 1. The van der Waals surface area contributed by atoms with Crippen LogP contribution in [0.2, 0.25) is 5.02 Å². The van der Waals surface area contributed by atoms with Gasteiger partial charge in [-0.2, -0.15) is 0 Å². The number of imidazole rings is 1. The number of imide groups is 1. The Morgan fingerprint density at radius 2 is 1.83 bits per heavy atom. The SMILES string of the molecule is Cc1ccc([C@@]2(C)OC(=O)NC2=O)cc1Cn1c(=O)n(-c2noc3cc(Cl)ccc23)c2ccc(OC(F)(F)F)cc21. The predicted molar refractivity (Wildman–Crippen MR) is 139 cm³/mol. The summed E-state index contributed by atoms with van der Waals surface area (Å²) in [5, 5.41) is 6.97. The number of carbonyl (C=O) groups is 2. The normalized spacial score (nSPS) is 17.3. The van der Waals surface area contributed by atoms with Crippen LogP contribution in [-0.2, 0) is 21.7 Å². The average Bonchev–Trinajstić information content (AvgIpc) is 3.50. The number of hydrogen-bond donors (Lipinski definition) is 1. The third-order valence-electron chi connectivity index (χ3n) is 6.94. The molecule has 0 saturated carbocycles. The van der Waals surface area contributed by atoms with Crippen LogP contribution in [0.15, 0.2) is 63.9 Å². The third kappa shape index (κ3) is 4.47. The molecule has 1 saturated heterocycles. The van der Waals surface area contributed by atoms with Crippen molar-refractivity contribution in [2.75, 3.05) is 0 Å². The lowest BCUT2D eigenvalue weighted by Crippen LogP contribution is -2.33. The number of alkyl halides is 3. The summed E-state index contributed by atoms with van der Waals surface area (Å²) in [5.74, 6) is -1.07. The van der Waals surface area contributed by atoms with Crippen molar-refractivity contribution in [2.24, 2.45) is 0 Å². The molecule has 1 aliphatic heterocycles. The maximum absolute atomic E-state index is 13.9. The molecular weight excluding hydrogens is 569 g/mol. The number of nitrogens with zero attached hydrogens (tertiary/aromatic N) is 3. The van der Waals surface area contributed by atoms with Crippen molar-refractivity contribution < 1.29 is 36.8 Å². The van der Waals surface area contributed by atoms with Crippen molar-refractivity contribution in [1.29, 1.82) is 0 Å². The number of amides is 2. The van der Waals surface area contributed by atoms with Gasteiger partial charge in [0.25, 0.3) is 5.91 Å². The van der Waals surface area contributed by atoms with Gasteiger partial charge < -0.3 is 14.0 Å². The van der Waals surface area contributed by atoms with Gasteiger partial charge in [-0.3, -0.25) is 14.7 Å². The highest BCUT2D eigenvalue weighted by Gasteiger charge is 2.46. The van der Waals surface area contributed by atoms with Crippen molar-refractivity contribution in [3.63, 3.8) is 0 Å². The zero-order chi connectivity index (χ0) is 29.3. The van der Waals surface area contributed by atoms with E-state index in [2.05, 4.69) is 15.2 Å². The van der Waals surface area contributed by atoms with E-state index in [1.165, 1.54) is 28.2 Å². The number of aryl methyl sites for hydroxylation is 1. The number of ether oxygens (including phenoxy) is 2. The van der Waals surface area contributed by atoms with Gasteiger partial charge in [0.05, 0.1) is 23.0 Å². The Balaban J connectivity index is 1.54. The first-order chi connectivity index (χ1) is 19.3. The van der Waals surface area contributed by atoms with Crippen LogP contribution in [0.5, 0.6) is 5.75 Å². The zero-order valence-corrected chi connectivity index (χ0v) is 22.0. The molecule has 0 aliphatic carbocycles. The number of halogens is 4. The number of fused-ring (bicyclic) bond motifs is 2. The summed E-state index contributed by atoms with van der Waals surface area (Å²) in [7, 11) is 0. The molecule has 1 N–H and O–H groups in total. The Morgan fingerprint density at radius 1 is 1.05 bits per heavy atom. The fraction of sp³-hybridized carbons (Fsp3) is 0.185. The standard InChI is InChI=1S/C27H18ClF3N4O6/c1-13-3-4-15(26(2)23(36)32-24(37)40-26)9-14(13)12-34-20-11-17(39-27(29,30)31)6-8-19(20)35(25(34)38)22-18-7-5-16(28)10-21(18)41-33-22/h3-11H,12H2,1-2H3,(H,32,36,37)/t26-/m1/s1. The summed E-state index contributed by atoms with van der Waals surface area (Å²) in [6, 6.07) is 13.1. The molecule has 3 aromatic carbocycles. The first kappa shape index (κ1) is 26.4. The number of aromatic nitrogens is 3. The Labute approximate surface area is 232 Å². The molecule has 41 heavy (non-hydrogen) atoms. The van der Waals surface area contributed by atoms with Crippen molar-refractivity contribution in [1.82, 2.24) is 19.6 Å². The lowest BCUT2D eigenvalue weighted by molar-refractivity contribution is -0.274. The zero-order valence-electron chi connectivity index (χ0n) is 21.2. The van der Waals surface area contributed by atoms with Crippen LogP contribution in [0, 0.1) is 6.92 Å². The second-order valence-corrected chi connectivity index (χ2v) is 10.0. The predicted octanol–water partition coefficient (Wildman–Crippen LogP) is 5.32. The Kier molecular flexibility index (Phi) is 5.89. The van der Waals surface area contributed by atoms with Gasteiger partial charge in [-0.1, -0.05) is 28.9 Å². The number of hydrogen-bond acceptors (Lipinski definition) is 7. The summed E-state index contributed by atoms with van der Waals surface area (Å²) in [6.07, 6.45) is -5.85. The van der Waals surface area contributed by atoms with Gasteiger partial charge in [0.15, 0.2) is 11.4 Å². The molecule has 14 heteroatoms. The van der Waals surface area contributed by atoms with E-state index in [-0.39, 0.29) is 23.4 Å². The van der Waals surface area contributed by atoms with Gasteiger partial charge in [-0.15, -0.1) is 13.2 Å². The van der Waals surface area contributed by atoms with E-state index in [0.717, 1.165) is 12.1 Å². The van der Waals surface area contributed by atoms with Crippen molar-refractivity contribution >= 4 is 45.6 Å². The molecule has 2 aromatic heterocycles. The smallest absolute Gasteiger partial charge is 0.428 e. The minimum Gasteiger partial charge on any atom is -0.428 e. The highest BCUT2D eigenvalue weighted by molar-refractivity contribution is 6.31. The van der Waals surface area contributed by atoms with E-state index in [0.29, 0.717) is 32.7 Å². The maximum Gasteiger partial charge on any atom is 0.573 e. The van der Waals surface area contributed by atoms with Gasteiger partial charge in [0, 0.05) is 22.7 Å². The lowest BCUT2D eigenvalue weighted by Gasteiger charge is -2.21. The molecule has 0 bridgehead atoms. The molecule has 5 aromatic rings. The number of benzene rings is 3. The van der Waals surface area contributed by atoms with Crippen LogP contribution < -0.4 is 15.7 Å². The van der Waals surface area contributed by atoms with Crippen LogP contribution >= 0.6 is 11.6 Å². The number of carbonyl (C=O) groups excluding carboxylic acids is 2. The fourth-order valence-corrected chi connectivity index (χ4v) is 4.98. The third-order valence-corrected chi connectivity index (χ3v) is 7.17. The molecule has 1 atom stereocenters. The minimum atomic E-state index is -4.96. The molecule has 3 heterocycles. The first-order valence-electron chi connectivity index (χ1n) is 12.0. The van der Waals surface area contributed by atoms with E-state index >= 15 is 0 Å². The molecule has 1 aliphatic rings. The molecule has 0 radical (unpaired) electrons. The number of alkyl carbamates (subject to hydrolysis) is 1. The quantitative estimate of drug-likeness (QED) is 0.296. The molecule has 0 spiro atoms. The van der Waals surface area contributed by atoms with Crippen LogP contribution in [0.3, 0.4) is 0 Å². The molecular formula is C27H18ClF3N4O6. The maximum atomic E-state index is 13.9. The second kappa shape index (κ2) is 9.13. The van der Waals surface area contributed by atoms with E-state index in [9.17, 15) is 27.6 Å². The van der Waals surface area contributed by atoms with Crippen LogP contribution in [0.1, 0.15) is 23.6 Å². The summed E-state index contributed by atoms with van der Waals surface area (Å²) < 4.78 is 56.3. The van der Waals surface area contributed by atoms with Gasteiger partial charge in [-0.25, -0.2) is 14.2 Å². The van der Waals surface area contributed by atoms with E-state index < -0.39 is 35.4 Å². The molecule has 0 unspecified atom stereocenters. The summed E-state index contributed by atoms with van der Waals surface area (Å²) >= 11 is 6.05. The monoisotopic (exact) mass is 586 g/mol. The molecule has 1 fully saturated rings. The Bertz CT molecular complexity index is 1960. The number of nitrogens with one attached hydrogen (secondary N) is 1.